The molecule has 3 aromatic heterocycles. The smallest absolute Gasteiger partial charge is 0.319 e. The van der Waals surface area contributed by atoms with Crippen LogP contribution in [0.3, 0.4) is 0 Å². The Balaban J connectivity index is 1.27. The van der Waals surface area contributed by atoms with Crippen LogP contribution >= 0.6 is 0 Å². The molecule has 1 aliphatic carbocycles. The van der Waals surface area contributed by atoms with Crippen molar-refractivity contribution >= 4 is 27.6 Å². The molecule has 1 N–H and O–H groups in total. The summed E-state index contributed by atoms with van der Waals surface area (Å²) in [5.74, 6) is -0.362. The summed E-state index contributed by atoms with van der Waals surface area (Å²) in [7, 11) is 0. The summed E-state index contributed by atoms with van der Waals surface area (Å²) in [6.45, 7) is 6.76. The van der Waals surface area contributed by atoms with Crippen molar-refractivity contribution in [3.63, 3.8) is 0 Å². The Labute approximate surface area is 259 Å². The molecule has 2 atom stereocenters. The van der Waals surface area contributed by atoms with Crippen molar-refractivity contribution in [3.05, 3.63) is 29.0 Å². The lowest BCUT2D eigenvalue weighted by Gasteiger charge is -2.31. The van der Waals surface area contributed by atoms with E-state index in [1.165, 1.54) is 0 Å². The number of aromatic amines is 1. The molecule has 9 rings (SSSR count). The monoisotopic (exact) mass is 617 g/mol. The molecule has 236 valence electrons. The van der Waals surface area contributed by atoms with E-state index in [2.05, 4.69) is 26.9 Å². The second-order valence-corrected chi connectivity index (χ2v) is 13.5. The molecule has 0 radical (unpaired) electrons. The molecule has 45 heavy (non-hydrogen) atoms. The molecule has 0 saturated carbocycles. The van der Waals surface area contributed by atoms with Crippen molar-refractivity contribution in [3.8, 4) is 23.1 Å². The Kier molecular flexibility index (Phi) is 6.42. The topological polar surface area (TPSA) is 102 Å². The lowest BCUT2D eigenvalue weighted by atomic mass is 9.79. The summed E-state index contributed by atoms with van der Waals surface area (Å²) >= 11 is 0. The predicted octanol–water partition coefficient (Wildman–Crippen LogP) is 5.28. The molecule has 1 unspecified atom stereocenters. The third-order valence-electron chi connectivity index (χ3n) is 10.9. The summed E-state index contributed by atoms with van der Waals surface area (Å²) in [4.78, 5) is 19.2. The highest BCUT2D eigenvalue weighted by molar-refractivity contribution is 6.02. The normalized spacial score (nSPS) is 24.2. The maximum atomic E-state index is 17.2. The first-order valence-electron chi connectivity index (χ1n) is 16.5. The highest BCUT2D eigenvalue weighted by Crippen LogP contribution is 2.47. The van der Waals surface area contributed by atoms with Gasteiger partial charge in [0.15, 0.2) is 5.82 Å². The van der Waals surface area contributed by atoms with Crippen LogP contribution in [-0.2, 0) is 11.2 Å². The van der Waals surface area contributed by atoms with E-state index in [0.29, 0.717) is 48.6 Å². The Morgan fingerprint density at radius 3 is 2.78 bits per heavy atom. The Morgan fingerprint density at radius 2 is 1.91 bits per heavy atom. The quantitative estimate of drug-likeness (QED) is 0.328. The maximum absolute atomic E-state index is 17.2. The standard InChI is InChI=1S/C33H37F2N7O3/c1-18-6-2-7-19-14-21-23(29(35)40-39-21)24(22(18)19)27-26(34)28-25-30(42-12-5-13-43-15-20(42)16-44-31(25)36-27)38-32(37-28)45-17-33-8-3-10-41(33)11-4-9-33/h14,18,20H,2-13,15-17H2,1H3,(H,39,40)/t18?,20-/m0/s1. The van der Waals surface area contributed by atoms with Crippen LogP contribution in [0.15, 0.2) is 6.07 Å². The summed E-state index contributed by atoms with van der Waals surface area (Å²) in [6, 6.07) is 1.93. The summed E-state index contributed by atoms with van der Waals surface area (Å²) in [5, 5.41) is 7.36. The number of anilines is 1. The van der Waals surface area contributed by atoms with Gasteiger partial charge in [0.1, 0.15) is 35.6 Å². The van der Waals surface area contributed by atoms with E-state index in [4.69, 9.17) is 29.2 Å². The van der Waals surface area contributed by atoms with Crippen molar-refractivity contribution in [2.24, 2.45) is 0 Å². The van der Waals surface area contributed by atoms with Gasteiger partial charge >= 0.3 is 6.01 Å². The summed E-state index contributed by atoms with van der Waals surface area (Å²) in [6.07, 6.45) is 7.97. The Morgan fingerprint density at radius 1 is 1.04 bits per heavy atom. The second-order valence-electron chi connectivity index (χ2n) is 13.5. The van der Waals surface area contributed by atoms with Crippen LogP contribution in [0.25, 0.3) is 33.1 Å². The zero-order valence-corrected chi connectivity index (χ0v) is 25.5. The number of nitrogens with one attached hydrogen (secondary N) is 1. The lowest BCUT2D eigenvalue weighted by Crippen LogP contribution is -2.43. The number of benzene rings is 1. The van der Waals surface area contributed by atoms with Crippen LogP contribution in [0, 0.1) is 11.8 Å². The molecule has 10 nitrogen and oxygen atoms in total. The van der Waals surface area contributed by atoms with Crippen LogP contribution in [0.1, 0.15) is 68.9 Å². The Bertz CT molecular complexity index is 1820. The number of H-pyrrole nitrogens is 1. The molecule has 12 heteroatoms. The van der Waals surface area contributed by atoms with E-state index in [-0.39, 0.29) is 52.6 Å². The number of aromatic nitrogens is 5. The minimum absolute atomic E-state index is 0.0219. The third-order valence-corrected chi connectivity index (χ3v) is 10.9. The van der Waals surface area contributed by atoms with E-state index < -0.39 is 11.8 Å². The van der Waals surface area contributed by atoms with Gasteiger partial charge in [0.2, 0.25) is 11.8 Å². The van der Waals surface area contributed by atoms with Crippen LogP contribution in [0.4, 0.5) is 14.6 Å². The van der Waals surface area contributed by atoms with Gasteiger partial charge in [-0.3, -0.25) is 10.00 Å². The van der Waals surface area contributed by atoms with Crippen LogP contribution in [0.5, 0.6) is 11.9 Å². The van der Waals surface area contributed by atoms with Gasteiger partial charge in [-0.1, -0.05) is 6.92 Å². The van der Waals surface area contributed by atoms with Crippen molar-refractivity contribution in [1.82, 2.24) is 30.0 Å². The van der Waals surface area contributed by atoms with Gasteiger partial charge in [-0.25, -0.2) is 9.37 Å². The number of pyridine rings is 1. The number of aryl methyl sites for hydroxylation is 1. The number of hydrogen-bond donors (Lipinski definition) is 1. The van der Waals surface area contributed by atoms with Gasteiger partial charge in [-0.15, -0.1) is 0 Å². The van der Waals surface area contributed by atoms with Crippen LogP contribution in [0.2, 0.25) is 0 Å². The second kappa shape index (κ2) is 10.4. The zero-order chi connectivity index (χ0) is 30.3. The number of rotatable bonds is 4. The fourth-order valence-electron chi connectivity index (χ4n) is 8.70. The van der Waals surface area contributed by atoms with Crippen molar-refractivity contribution in [2.75, 3.05) is 51.0 Å². The van der Waals surface area contributed by atoms with E-state index >= 15 is 8.78 Å². The van der Waals surface area contributed by atoms with E-state index in [1.54, 1.807) is 0 Å². The van der Waals surface area contributed by atoms with Crippen molar-refractivity contribution < 1.29 is 23.0 Å². The molecular weight excluding hydrogens is 580 g/mol. The zero-order valence-electron chi connectivity index (χ0n) is 25.5. The summed E-state index contributed by atoms with van der Waals surface area (Å²) in [5.41, 5.74) is 2.92. The number of hydrogen-bond acceptors (Lipinski definition) is 9. The first-order valence-corrected chi connectivity index (χ1v) is 16.5. The molecule has 0 amide bonds. The van der Waals surface area contributed by atoms with Gasteiger partial charge in [0, 0.05) is 18.7 Å². The number of halogens is 2. The fraction of sp³-hybridized carbons (Fsp3) is 0.576. The molecule has 3 saturated heterocycles. The molecule has 4 aliphatic heterocycles. The highest BCUT2D eigenvalue weighted by atomic mass is 19.1. The van der Waals surface area contributed by atoms with Gasteiger partial charge in [0.25, 0.3) is 0 Å². The lowest BCUT2D eigenvalue weighted by molar-refractivity contribution is 0.107. The van der Waals surface area contributed by atoms with Gasteiger partial charge in [-0.05, 0) is 87.6 Å². The summed E-state index contributed by atoms with van der Waals surface area (Å²) < 4.78 is 51.4. The van der Waals surface area contributed by atoms with E-state index in [0.717, 1.165) is 75.6 Å². The fourth-order valence-corrected chi connectivity index (χ4v) is 8.70. The number of fused-ring (bicyclic) bond motifs is 5. The number of nitrogens with zero attached hydrogens (tertiary/aromatic N) is 6. The molecule has 5 aliphatic rings. The molecule has 1 aromatic carbocycles. The van der Waals surface area contributed by atoms with Gasteiger partial charge in [-0.2, -0.15) is 19.5 Å². The van der Waals surface area contributed by atoms with Crippen molar-refractivity contribution in [2.45, 2.75) is 75.8 Å². The minimum Gasteiger partial charge on any atom is -0.475 e. The predicted molar refractivity (Wildman–Crippen MR) is 164 cm³/mol. The largest absolute Gasteiger partial charge is 0.475 e. The third kappa shape index (κ3) is 4.24. The number of ether oxygens (including phenoxy) is 3. The average molecular weight is 618 g/mol. The van der Waals surface area contributed by atoms with Crippen LogP contribution < -0.4 is 14.4 Å². The minimum atomic E-state index is -0.634. The van der Waals surface area contributed by atoms with Gasteiger partial charge < -0.3 is 19.1 Å². The SMILES string of the molecule is CC1CCCc2cc3n[nH]c(F)c3c(-c3nc4c5c(nc(OCC67CCCN6CCC7)nc5c3F)N3CCCOC[C@H]3CO4)c21. The molecule has 0 bridgehead atoms. The maximum Gasteiger partial charge on any atom is 0.319 e. The first-order chi connectivity index (χ1) is 22.0. The van der Waals surface area contributed by atoms with E-state index in [9.17, 15) is 0 Å². The first kappa shape index (κ1) is 27.7. The highest BCUT2D eigenvalue weighted by Gasteiger charge is 2.45. The molecule has 7 heterocycles. The van der Waals surface area contributed by atoms with Gasteiger partial charge in [0.05, 0.1) is 29.1 Å². The Hall–Kier alpha value is -3.64. The molecule has 4 aromatic rings. The van der Waals surface area contributed by atoms with Crippen molar-refractivity contribution in [1.29, 1.82) is 0 Å². The van der Waals surface area contributed by atoms with Crippen LogP contribution in [-0.4, -0.2) is 87.7 Å². The molecular formula is C33H37F2N7O3. The molecule has 0 spiro atoms. The average Bonchev–Trinajstić information content (AvgIpc) is 3.64. The van der Waals surface area contributed by atoms with E-state index in [1.807, 2.05) is 6.07 Å². The molecule has 3 fully saturated rings.